The molecule has 1 heterocycles. The van der Waals surface area contributed by atoms with Gasteiger partial charge in [-0.25, -0.2) is 18.9 Å². The van der Waals surface area contributed by atoms with Crippen molar-refractivity contribution in [3.8, 4) is 5.69 Å². The predicted molar refractivity (Wildman–Crippen MR) is 65.3 cm³/mol. The molecule has 0 aliphatic rings. The fourth-order valence-electron chi connectivity index (χ4n) is 1.56. The normalized spacial score (nSPS) is 12.2. The Balaban J connectivity index is 2.37. The van der Waals surface area contributed by atoms with E-state index in [0.717, 1.165) is 0 Å². The van der Waals surface area contributed by atoms with E-state index in [1.807, 2.05) is 0 Å². The highest BCUT2D eigenvalue weighted by atomic mass is 19.1. The van der Waals surface area contributed by atoms with Crippen molar-refractivity contribution in [3.05, 3.63) is 41.7 Å². The number of methoxy groups -OCH3 is 1. The molecule has 0 aliphatic heterocycles. The van der Waals surface area contributed by atoms with Gasteiger partial charge in [0.05, 0.1) is 7.11 Å². The van der Waals surface area contributed by atoms with Crippen molar-refractivity contribution >= 4 is 5.97 Å². The van der Waals surface area contributed by atoms with Gasteiger partial charge in [-0.2, -0.15) is 0 Å². The van der Waals surface area contributed by atoms with E-state index in [1.165, 1.54) is 30.3 Å². The van der Waals surface area contributed by atoms with Gasteiger partial charge in [0.2, 0.25) is 0 Å². The minimum absolute atomic E-state index is 0.127. The molecule has 0 aliphatic carbocycles. The summed E-state index contributed by atoms with van der Waals surface area (Å²) in [6.45, 7) is 1.76. The van der Waals surface area contributed by atoms with Gasteiger partial charge in [0.25, 0.3) is 5.82 Å². The van der Waals surface area contributed by atoms with Crippen LogP contribution in [-0.4, -0.2) is 27.8 Å². The van der Waals surface area contributed by atoms with Crippen molar-refractivity contribution < 1.29 is 13.9 Å². The van der Waals surface area contributed by atoms with Crippen LogP contribution >= 0.6 is 0 Å². The van der Waals surface area contributed by atoms with Gasteiger partial charge in [0.15, 0.2) is 0 Å². The van der Waals surface area contributed by atoms with Gasteiger partial charge in [-0.05, 0) is 24.6 Å². The first-order valence-corrected chi connectivity index (χ1v) is 5.58. The second-order valence-corrected chi connectivity index (χ2v) is 4.00. The molecule has 0 spiro atoms. The van der Waals surface area contributed by atoms with Gasteiger partial charge < -0.3 is 10.5 Å². The quantitative estimate of drug-likeness (QED) is 0.842. The largest absolute Gasteiger partial charge is 0.463 e. The first-order chi connectivity index (χ1) is 9.02. The molecule has 0 radical (unpaired) electrons. The Morgan fingerprint density at radius 1 is 1.53 bits per heavy atom. The summed E-state index contributed by atoms with van der Waals surface area (Å²) < 4.78 is 19.6. The van der Waals surface area contributed by atoms with Gasteiger partial charge in [0, 0.05) is 6.04 Å². The SMILES string of the molecule is COC(=O)c1ncn(-c2ccc([C@@H](C)N)cc2F)n1. The second kappa shape index (κ2) is 5.15. The van der Waals surface area contributed by atoms with E-state index in [1.54, 1.807) is 13.0 Å². The summed E-state index contributed by atoms with van der Waals surface area (Å²) in [5, 5.41) is 3.85. The molecule has 0 fully saturated rings. The van der Waals surface area contributed by atoms with Crippen molar-refractivity contribution in [2.45, 2.75) is 13.0 Å². The number of carbonyl (C=O) groups excluding carboxylic acids is 1. The number of benzene rings is 1. The zero-order valence-corrected chi connectivity index (χ0v) is 10.5. The monoisotopic (exact) mass is 264 g/mol. The zero-order valence-electron chi connectivity index (χ0n) is 10.5. The first kappa shape index (κ1) is 13.2. The van der Waals surface area contributed by atoms with E-state index in [9.17, 15) is 9.18 Å². The van der Waals surface area contributed by atoms with E-state index in [-0.39, 0.29) is 17.6 Å². The van der Waals surface area contributed by atoms with E-state index in [2.05, 4.69) is 14.8 Å². The number of aromatic nitrogens is 3. The lowest BCUT2D eigenvalue weighted by Gasteiger charge is -2.08. The minimum atomic E-state index is -0.675. The molecule has 0 saturated carbocycles. The Hall–Kier alpha value is -2.28. The van der Waals surface area contributed by atoms with Gasteiger partial charge in [-0.15, -0.1) is 5.10 Å². The van der Waals surface area contributed by atoms with Crippen LogP contribution in [0.3, 0.4) is 0 Å². The van der Waals surface area contributed by atoms with Gasteiger partial charge in [0.1, 0.15) is 17.8 Å². The Kier molecular flexibility index (Phi) is 3.57. The minimum Gasteiger partial charge on any atom is -0.463 e. The van der Waals surface area contributed by atoms with Crippen molar-refractivity contribution in [3.63, 3.8) is 0 Å². The second-order valence-electron chi connectivity index (χ2n) is 4.00. The fraction of sp³-hybridized carbons (Fsp3) is 0.250. The van der Waals surface area contributed by atoms with E-state index in [4.69, 9.17) is 5.73 Å². The Morgan fingerprint density at radius 3 is 2.84 bits per heavy atom. The molecule has 0 amide bonds. The summed E-state index contributed by atoms with van der Waals surface area (Å²) in [5.74, 6) is -1.29. The van der Waals surface area contributed by atoms with Crippen LogP contribution in [-0.2, 0) is 4.74 Å². The molecule has 1 aromatic heterocycles. The third-order valence-electron chi connectivity index (χ3n) is 2.60. The lowest BCUT2D eigenvalue weighted by molar-refractivity contribution is 0.0587. The topological polar surface area (TPSA) is 83.0 Å². The maximum atomic E-state index is 13.9. The van der Waals surface area contributed by atoms with Crippen LogP contribution in [0.25, 0.3) is 5.69 Å². The number of hydrogen-bond acceptors (Lipinski definition) is 5. The van der Waals surface area contributed by atoms with Crippen molar-refractivity contribution in [1.82, 2.24) is 14.8 Å². The van der Waals surface area contributed by atoms with Gasteiger partial charge >= 0.3 is 5.97 Å². The van der Waals surface area contributed by atoms with E-state index >= 15 is 0 Å². The zero-order chi connectivity index (χ0) is 14.0. The molecule has 100 valence electrons. The van der Waals surface area contributed by atoms with Crippen molar-refractivity contribution in [2.24, 2.45) is 5.73 Å². The highest BCUT2D eigenvalue weighted by Gasteiger charge is 2.14. The molecule has 19 heavy (non-hydrogen) atoms. The number of ether oxygens (including phenoxy) is 1. The number of rotatable bonds is 3. The standard InChI is InChI=1S/C12H13FN4O2/c1-7(14)8-3-4-10(9(13)5-8)17-6-15-11(16-17)12(18)19-2/h3-7H,14H2,1-2H3/t7-/m1/s1. The number of esters is 1. The average Bonchev–Trinajstić information content (AvgIpc) is 2.87. The molecule has 0 saturated heterocycles. The Labute approximate surface area is 109 Å². The molecule has 0 bridgehead atoms. The van der Waals surface area contributed by atoms with Crippen LogP contribution in [0.4, 0.5) is 4.39 Å². The molecule has 2 rings (SSSR count). The molecule has 7 heteroatoms. The molecule has 2 aromatic rings. The number of hydrogen-bond donors (Lipinski definition) is 1. The summed E-state index contributed by atoms with van der Waals surface area (Å²) in [7, 11) is 1.22. The smallest absolute Gasteiger partial charge is 0.377 e. The lowest BCUT2D eigenvalue weighted by atomic mass is 10.1. The summed E-state index contributed by atoms with van der Waals surface area (Å²) in [6, 6.07) is 4.30. The molecular weight excluding hydrogens is 251 g/mol. The average molecular weight is 264 g/mol. The number of nitrogens with two attached hydrogens (primary N) is 1. The van der Waals surface area contributed by atoms with E-state index < -0.39 is 11.8 Å². The Morgan fingerprint density at radius 2 is 2.26 bits per heavy atom. The van der Waals surface area contributed by atoms with Crippen LogP contribution in [0, 0.1) is 5.82 Å². The summed E-state index contributed by atoms with van der Waals surface area (Å²) in [6.07, 6.45) is 1.25. The number of carbonyl (C=O) groups is 1. The summed E-state index contributed by atoms with van der Waals surface area (Å²) >= 11 is 0. The highest BCUT2D eigenvalue weighted by molar-refractivity contribution is 5.84. The van der Waals surface area contributed by atoms with Gasteiger partial charge in [-0.3, -0.25) is 0 Å². The van der Waals surface area contributed by atoms with E-state index in [0.29, 0.717) is 5.56 Å². The van der Waals surface area contributed by atoms with Crippen LogP contribution in [0.5, 0.6) is 0 Å². The molecule has 6 nitrogen and oxygen atoms in total. The molecule has 1 atom stereocenters. The Bertz CT molecular complexity index is 610. The lowest BCUT2D eigenvalue weighted by Crippen LogP contribution is -2.08. The molecule has 0 unspecified atom stereocenters. The van der Waals surface area contributed by atoms with Crippen LogP contribution < -0.4 is 5.73 Å². The van der Waals surface area contributed by atoms with Crippen LogP contribution in [0.2, 0.25) is 0 Å². The highest BCUT2D eigenvalue weighted by Crippen LogP contribution is 2.17. The first-order valence-electron chi connectivity index (χ1n) is 5.58. The number of nitrogens with zero attached hydrogens (tertiary/aromatic N) is 3. The number of halogens is 1. The van der Waals surface area contributed by atoms with Crippen molar-refractivity contribution in [1.29, 1.82) is 0 Å². The molecular formula is C12H13FN4O2. The molecule has 1 aromatic carbocycles. The summed E-state index contributed by atoms with van der Waals surface area (Å²) in [4.78, 5) is 15.0. The summed E-state index contributed by atoms with van der Waals surface area (Å²) in [5.41, 5.74) is 6.53. The maximum Gasteiger partial charge on any atom is 0.377 e. The predicted octanol–water partition coefficient (Wildman–Crippen LogP) is 1.21. The molecule has 2 N–H and O–H groups in total. The third-order valence-corrected chi connectivity index (χ3v) is 2.60. The van der Waals surface area contributed by atoms with Crippen molar-refractivity contribution in [2.75, 3.05) is 7.11 Å². The fourth-order valence-corrected chi connectivity index (χ4v) is 1.56. The van der Waals surface area contributed by atoms with Gasteiger partial charge in [-0.1, -0.05) is 6.07 Å². The maximum absolute atomic E-state index is 13.9. The third kappa shape index (κ3) is 2.60. The van der Waals surface area contributed by atoms with Crippen LogP contribution in [0.15, 0.2) is 24.5 Å². The van der Waals surface area contributed by atoms with Crippen LogP contribution in [0.1, 0.15) is 29.1 Å².